The second-order valence-electron chi connectivity index (χ2n) is 6.52. The zero-order valence-electron chi connectivity index (χ0n) is 14.6. The molecule has 0 amide bonds. The van der Waals surface area contributed by atoms with Crippen LogP contribution in [-0.2, 0) is 22.0 Å². The van der Waals surface area contributed by atoms with Gasteiger partial charge in [-0.05, 0) is 30.5 Å². The lowest BCUT2D eigenvalue weighted by molar-refractivity contribution is -0.138. The molecule has 0 radical (unpaired) electrons. The van der Waals surface area contributed by atoms with Crippen LogP contribution in [0.15, 0.2) is 24.5 Å². The molecule has 0 atom stereocenters. The monoisotopic (exact) mass is 431 g/mol. The number of carbonyl (C=O) groups is 1. The van der Waals surface area contributed by atoms with Crippen molar-refractivity contribution in [1.29, 1.82) is 0 Å². The molecule has 2 heterocycles. The third kappa shape index (κ3) is 3.77. The van der Waals surface area contributed by atoms with Crippen molar-refractivity contribution in [3.63, 3.8) is 0 Å². The number of aromatic nitrogens is 3. The zero-order chi connectivity index (χ0) is 20.9. The van der Waals surface area contributed by atoms with E-state index in [1.807, 2.05) is 0 Å². The molecule has 28 heavy (non-hydrogen) atoms. The van der Waals surface area contributed by atoms with Gasteiger partial charge in [-0.2, -0.15) is 13.2 Å². The first-order valence-corrected chi connectivity index (χ1v) is 10.9. The molecule has 0 saturated carbocycles. The molecule has 0 unspecified atom stereocenters. The van der Waals surface area contributed by atoms with E-state index in [1.165, 1.54) is 31.7 Å². The number of carboxylic acids is 1. The van der Waals surface area contributed by atoms with Crippen LogP contribution in [0.1, 0.15) is 11.1 Å². The van der Waals surface area contributed by atoms with E-state index in [2.05, 4.69) is 15.0 Å². The second-order valence-corrected chi connectivity index (χ2v) is 10.0. The molecule has 0 saturated heterocycles. The van der Waals surface area contributed by atoms with Crippen molar-refractivity contribution < 1.29 is 27.6 Å². The van der Waals surface area contributed by atoms with Gasteiger partial charge in [-0.3, -0.25) is 4.79 Å². The van der Waals surface area contributed by atoms with Gasteiger partial charge in [-0.25, -0.2) is 9.97 Å². The average molecular weight is 432 g/mol. The summed E-state index contributed by atoms with van der Waals surface area (Å²) in [5, 5.41) is 9.37. The summed E-state index contributed by atoms with van der Waals surface area (Å²) < 4.78 is 53.0. The van der Waals surface area contributed by atoms with Crippen molar-refractivity contribution >= 4 is 40.9 Å². The number of fused-ring (bicyclic) bond motifs is 1. The van der Waals surface area contributed by atoms with Crippen LogP contribution in [0.2, 0.25) is 5.28 Å². The summed E-state index contributed by atoms with van der Waals surface area (Å²) in [6.07, 6.45) is -3.16. The number of aliphatic carboxylic acids is 1. The number of hydrogen-bond donors (Lipinski definition) is 2. The smallest absolute Gasteiger partial charge is 0.419 e. The molecular weight excluding hydrogens is 418 g/mol. The fraction of sp³-hybridized carbons (Fsp3) is 0.235. The Bertz CT molecular complexity index is 1140. The SMILES string of the molecule is CP(C)(=O)c1c(CC(=O)O)ccc2c(-c3nc(Cl)ncc3C(F)(F)F)c[nH]c12. The average Bonchev–Trinajstić information content (AvgIpc) is 2.95. The van der Waals surface area contributed by atoms with Gasteiger partial charge >= 0.3 is 12.1 Å². The Labute approximate surface area is 162 Å². The Morgan fingerprint density at radius 3 is 2.57 bits per heavy atom. The Morgan fingerprint density at radius 2 is 2.00 bits per heavy atom. The van der Waals surface area contributed by atoms with Gasteiger partial charge in [-0.15, -0.1) is 0 Å². The third-order valence-corrected chi connectivity index (χ3v) is 5.88. The van der Waals surface area contributed by atoms with Crippen molar-refractivity contribution in [3.8, 4) is 11.3 Å². The molecule has 11 heteroatoms. The number of carboxylic acid groups (broad SMARTS) is 1. The van der Waals surface area contributed by atoms with Gasteiger partial charge in [0.1, 0.15) is 12.7 Å². The topological polar surface area (TPSA) is 95.9 Å². The maximum absolute atomic E-state index is 13.4. The lowest BCUT2D eigenvalue weighted by Gasteiger charge is -2.15. The quantitative estimate of drug-likeness (QED) is 0.477. The summed E-state index contributed by atoms with van der Waals surface area (Å²) >= 11 is 5.71. The minimum Gasteiger partial charge on any atom is -0.481 e. The van der Waals surface area contributed by atoms with Crippen molar-refractivity contribution in [1.82, 2.24) is 15.0 Å². The number of rotatable bonds is 4. The highest BCUT2D eigenvalue weighted by Gasteiger charge is 2.36. The summed E-state index contributed by atoms with van der Waals surface area (Å²) in [4.78, 5) is 21.1. The Balaban J connectivity index is 2.35. The largest absolute Gasteiger partial charge is 0.481 e. The summed E-state index contributed by atoms with van der Waals surface area (Å²) in [6.45, 7) is 2.94. The highest BCUT2D eigenvalue weighted by molar-refractivity contribution is 7.70. The van der Waals surface area contributed by atoms with Crippen LogP contribution >= 0.6 is 18.7 Å². The lowest BCUT2D eigenvalue weighted by atomic mass is 10.0. The van der Waals surface area contributed by atoms with Crippen LogP contribution in [0.25, 0.3) is 22.2 Å². The van der Waals surface area contributed by atoms with E-state index in [-0.39, 0.29) is 22.6 Å². The van der Waals surface area contributed by atoms with Crippen LogP contribution in [-0.4, -0.2) is 39.4 Å². The summed E-state index contributed by atoms with van der Waals surface area (Å²) in [6, 6.07) is 2.94. The number of nitrogens with zero attached hydrogens (tertiary/aromatic N) is 2. The highest BCUT2D eigenvalue weighted by atomic mass is 35.5. The van der Waals surface area contributed by atoms with Crippen LogP contribution in [0, 0.1) is 0 Å². The maximum atomic E-state index is 13.4. The van der Waals surface area contributed by atoms with Gasteiger partial charge in [-0.1, -0.05) is 12.1 Å². The minimum atomic E-state index is -4.71. The number of nitrogens with one attached hydrogen (secondary N) is 1. The molecular formula is C17H14ClF3N3O3P. The molecule has 2 N–H and O–H groups in total. The van der Waals surface area contributed by atoms with Crippen LogP contribution in [0.5, 0.6) is 0 Å². The maximum Gasteiger partial charge on any atom is 0.419 e. The highest BCUT2D eigenvalue weighted by Crippen LogP contribution is 2.43. The molecule has 0 aliphatic heterocycles. The van der Waals surface area contributed by atoms with E-state index in [1.54, 1.807) is 0 Å². The van der Waals surface area contributed by atoms with E-state index >= 15 is 0 Å². The number of halogens is 4. The van der Waals surface area contributed by atoms with Gasteiger partial charge in [0, 0.05) is 28.6 Å². The van der Waals surface area contributed by atoms with Crippen LogP contribution in [0.3, 0.4) is 0 Å². The van der Waals surface area contributed by atoms with E-state index in [4.69, 9.17) is 16.7 Å². The standard InChI is InChI=1S/C17H14ClF3N3O3P/c1-28(2,27)15-8(5-12(25)26)3-4-9-10(6-22-14(9)15)13-11(17(19,20)21)7-23-16(18)24-13/h3-4,6-7,22H,5H2,1-2H3,(H,25,26). The first-order chi connectivity index (χ1) is 12.9. The predicted molar refractivity (Wildman–Crippen MR) is 99.8 cm³/mol. The van der Waals surface area contributed by atoms with Gasteiger partial charge in [0.2, 0.25) is 5.28 Å². The fourth-order valence-electron chi connectivity index (χ4n) is 3.12. The zero-order valence-corrected chi connectivity index (χ0v) is 16.3. The van der Waals surface area contributed by atoms with Crippen LogP contribution in [0.4, 0.5) is 13.2 Å². The summed E-state index contributed by atoms with van der Waals surface area (Å²) in [5.41, 5.74) is -0.741. The van der Waals surface area contributed by atoms with E-state index in [9.17, 15) is 22.5 Å². The first kappa shape index (κ1) is 20.4. The number of hydrogen-bond acceptors (Lipinski definition) is 4. The van der Waals surface area contributed by atoms with E-state index < -0.39 is 30.5 Å². The second kappa shape index (κ2) is 6.90. The molecule has 0 aliphatic rings. The summed E-state index contributed by atoms with van der Waals surface area (Å²) in [5.74, 6) is -1.11. The summed E-state index contributed by atoms with van der Waals surface area (Å²) in [7, 11) is -2.97. The van der Waals surface area contributed by atoms with Gasteiger partial charge in [0.05, 0.1) is 17.6 Å². The Hall–Kier alpha value is -2.38. The third-order valence-electron chi connectivity index (χ3n) is 4.11. The molecule has 0 fully saturated rings. The fourth-order valence-corrected chi connectivity index (χ4v) is 4.82. The van der Waals surface area contributed by atoms with Crippen molar-refractivity contribution in [3.05, 3.63) is 40.9 Å². The molecule has 0 spiro atoms. The molecule has 6 nitrogen and oxygen atoms in total. The molecule has 0 bridgehead atoms. The number of H-pyrrole nitrogens is 1. The van der Waals surface area contributed by atoms with E-state index in [0.717, 1.165) is 0 Å². The number of alkyl halides is 3. The Kier molecular flexibility index (Phi) is 5.02. The lowest BCUT2D eigenvalue weighted by Crippen LogP contribution is -2.15. The van der Waals surface area contributed by atoms with Crippen molar-refractivity contribution in [2.75, 3.05) is 13.3 Å². The normalized spacial score (nSPS) is 12.5. The molecule has 0 aliphatic carbocycles. The first-order valence-electron chi connectivity index (χ1n) is 7.90. The number of benzene rings is 1. The van der Waals surface area contributed by atoms with Gasteiger partial charge in [0.25, 0.3) is 0 Å². The van der Waals surface area contributed by atoms with Crippen molar-refractivity contribution in [2.45, 2.75) is 12.6 Å². The van der Waals surface area contributed by atoms with E-state index in [0.29, 0.717) is 22.7 Å². The van der Waals surface area contributed by atoms with Gasteiger partial charge < -0.3 is 14.7 Å². The molecule has 3 aromatic rings. The molecule has 2 aromatic heterocycles. The Morgan fingerprint density at radius 1 is 1.32 bits per heavy atom. The number of aromatic amines is 1. The van der Waals surface area contributed by atoms with Crippen LogP contribution < -0.4 is 5.30 Å². The van der Waals surface area contributed by atoms with Crippen molar-refractivity contribution in [2.24, 2.45) is 0 Å². The minimum absolute atomic E-state index is 0.100. The molecule has 3 rings (SSSR count). The molecule has 148 valence electrons. The molecule has 1 aromatic carbocycles. The predicted octanol–water partition coefficient (Wildman–Crippen LogP) is 4.17. The van der Waals surface area contributed by atoms with Gasteiger partial charge in [0.15, 0.2) is 0 Å².